The van der Waals surface area contributed by atoms with Gasteiger partial charge in [-0.2, -0.15) is 5.10 Å². The lowest BCUT2D eigenvalue weighted by Gasteiger charge is -2.11. The first kappa shape index (κ1) is 21.9. The van der Waals surface area contributed by atoms with Crippen molar-refractivity contribution in [3.8, 4) is 11.5 Å². The van der Waals surface area contributed by atoms with Gasteiger partial charge in [-0.3, -0.25) is 10.4 Å². The smallest absolute Gasteiger partial charge is 0.345 e. The van der Waals surface area contributed by atoms with Crippen molar-refractivity contribution in [2.45, 2.75) is 13.8 Å². The lowest BCUT2D eigenvalue weighted by molar-refractivity contribution is 0.0729. The van der Waals surface area contributed by atoms with E-state index in [4.69, 9.17) is 21.7 Å². The molecular weight excluding hydrogens is 412 g/mol. The first-order valence-electron chi connectivity index (χ1n) is 9.44. The molecule has 0 aliphatic heterocycles. The molecule has 2 N–H and O–H groups in total. The van der Waals surface area contributed by atoms with Crippen LogP contribution in [0.4, 0.5) is 5.69 Å². The quantitative estimate of drug-likeness (QED) is 0.197. The van der Waals surface area contributed by atoms with Crippen LogP contribution in [-0.4, -0.2) is 29.4 Å². The summed E-state index contributed by atoms with van der Waals surface area (Å²) >= 11 is 5.29. The fourth-order valence-corrected chi connectivity index (χ4v) is 2.86. The number of hydrogen-bond donors (Lipinski definition) is 2. The molecule has 1 heterocycles. The zero-order valence-electron chi connectivity index (χ0n) is 17.4. The molecule has 3 rings (SSSR count). The number of rotatable bonds is 6. The van der Waals surface area contributed by atoms with Gasteiger partial charge in [0.25, 0.3) is 0 Å². The number of aryl methyl sites for hydroxylation is 1. The fourth-order valence-electron chi connectivity index (χ4n) is 2.69. The van der Waals surface area contributed by atoms with Crippen LogP contribution in [0.15, 0.2) is 66.0 Å². The average molecular weight is 435 g/mol. The Morgan fingerprint density at radius 2 is 1.97 bits per heavy atom. The number of hydrogen-bond acceptors (Lipinski definition) is 6. The van der Waals surface area contributed by atoms with Crippen LogP contribution in [0.5, 0.6) is 11.5 Å². The third kappa shape index (κ3) is 5.86. The Morgan fingerprint density at radius 1 is 1.13 bits per heavy atom. The molecule has 2 aromatic carbocycles. The second-order valence-electron chi connectivity index (χ2n) is 6.61. The minimum Gasteiger partial charge on any atom is -0.493 e. The number of methoxy groups -OCH3 is 1. The van der Waals surface area contributed by atoms with E-state index in [9.17, 15) is 4.79 Å². The number of nitrogens with one attached hydrogen (secondary N) is 2. The largest absolute Gasteiger partial charge is 0.493 e. The molecule has 0 radical (unpaired) electrons. The number of pyridine rings is 1. The molecule has 31 heavy (non-hydrogen) atoms. The molecule has 7 nitrogen and oxygen atoms in total. The second-order valence-corrected chi connectivity index (χ2v) is 7.02. The van der Waals surface area contributed by atoms with E-state index >= 15 is 0 Å². The molecule has 1 aromatic heterocycles. The molecule has 0 saturated carbocycles. The zero-order chi connectivity index (χ0) is 22.2. The van der Waals surface area contributed by atoms with Crippen LogP contribution >= 0.6 is 12.2 Å². The third-order valence-electron chi connectivity index (χ3n) is 4.52. The first-order valence-corrected chi connectivity index (χ1v) is 9.85. The van der Waals surface area contributed by atoms with Crippen molar-refractivity contribution < 1.29 is 14.3 Å². The monoisotopic (exact) mass is 434 g/mol. The minimum absolute atomic E-state index is 0.300. The van der Waals surface area contributed by atoms with E-state index in [0.717, 1.165) is 16.8 Å². The lowest BCUT2D eigenvalue weighted by Crippen LogP contribution is -2.24. The molecular formula is C23H22N4O3S. The lowest BCUT2D eigenvalue weighted by atomic mass is 10.1. The number of esters is 1. The van der Waals surface area contributed by atoms with Crippen molar-refractivity contribution in [1.29, 1.82) is 0 Å². The van der Waals surface area contributed by atoms with Crippen LogP contribution in [-0.2, 0) is 0 Å². The Morgan fingerprint density at radius 3 is 2.71 bits per heavy atom. The molecule has 0 fully saturated rings. The summed E-state index contributed by atoms with van der Waals surface area (Å²) in [4.78, 5) is 16.1. The van der Waals surface area contributed by atoms with E-state index in [1.54, 1.807) is 42.7 Å². The summed E-state index contributed by atoms with van der Waals surface area (Å²) in [7, 11) is 1.50. The number of hydrazone groups is 1. The number of thiocarbonyl (C=S) groups is 1. The number of nitrogens with zero attached hydrogens (tertiary/aromatic N) is 2. The van der Waals surface area contributed by atoms with Crippen molar-refractivity contribution in [2.75, 3.05) is 12.4 Å². The third-order valence-corrected chi connectivity index (χ3v) is 4.71. The van der Waals surface area contributed by atoms with E-state index < -0.39 is 5.97 Å². The Hall–Kier alpha value is -3.78. The van der Waals surface area contributed by atoms with Crippen LogP contribution in [0.25, 0.3) is 0 Å². The van der Waals surface area contributed by atoms with Gasteiger partial charge in [0, 0.05) is 18.1 Å². The molecule has 0 saturated heterocycles. The van der Waals surface area contributed by atoms with Gasteiger partial charge in [0.15, 0.2) is 16.6 Å². The maximum atomic E-state index is 12.2. The molecule has 158 valence electrons. The normalized spacial score (nSPS) is 10.5. The Labute approximate surface area is 186 Å². The molecule has 0 spiro atoms. The van der Waals surface area contributed by atoms with Gasteiger partial charge >= 0.3 is 5.97 Å². The molecule has 0 unspecified atom stereocenters. The summed E-state index contributed by atoms with van der Waals surface area (Å²) in [5.41, 5.74) is 7.10. The molecule has 3 aromatic rings. The van der Waals surface area contributed by atoms with Gasteiger partial charge in [0.05, 0.1) is 18.9 Å². The number of carbonyl (C=O) groups is 1. The van der Waals surface area contributed by atoms with E-state index in [2.05, 4.69) is 20.8 Å². The van der Waals surface area contributed by atoms with Crippen molar-refractivity contribution >= 4 is 35.2 Å². The fraction of sp³-hybridized carbons (Fsp3) is 0.130. The molecule has 0 amide bonds. The average Bonchev–Trinajstić information content (AvgIpc) is 2.78. The van der Waals surface area contributed by atoms with E-state index in [-0.39, 0.29) is 0 Å². The van der Waals surface area contributed by atoms with E-state index in [1.807, 2.05) is 32.0 Å². The van der Waals surface area contributed by atoms with Gasteiger partial charge in [0.1, 0.15) is 0 Å². The predicted octanol–water partition coefficient (Wildman–Crippen LogP) is 4.25. The summed E-state index contributed by atoms with van der Waals surface area (Å²) in [6, 6.07) is 14.4. The van der Waals surface area contributed by atoms with Crippen molar-refractivity contribution in [3.05, 3.63) is 83.2 Å². The summed E-state index contributed by atoms with van der Waals surface area (Å²) in [6.07, 6.45) is 4.62. The van der Waals surface area contributed by atoms with Gasteiger partial charge in [-0.05, 0) is 79.2 Å². The maximum Gasteiger partial charge on any atom is 0.345 e. The summed E-state index contributed by atoms with van der Waals surface area (Å²) < 4.78 is 10.8. The van der Waals surface area contributed by atoms with Crippen LogP contribution in [0.3, 0.4) is 0 Å². The number of ether oxygens (including phenoxy) is 2. The van der Waals surface area contributed by atoms with Gasteiger partial charge in [-0.1, -0.05) is 12.1 Å². The Bertz CT molecular complexity index is 1120. The standard InChI is InChI=1S/C23H22N4O3S/c1-15-6-4-8-19(16(15)2)26-23(31)27-25-13-17-9-10-20(21(12-17)29-3)30-22(28)18-7-5-11-24-14-18/h4-14H,1-3H3,(H2,26,27,31)/b25-13+. The first-order chi connectivity index (χ1) is 15.0. The van der Waals surface area contributed by atoms with E-state index in [0.29, 0.717) is 22.2 Å². The highest BCUT2D eigenvalue weighted by Crippen LogP contribution is 2.28. The van der Waals surface area contributed by atoms with Crippen molar-refractivity contribution in [2.24, 2.45) is 5.10 Å². The molecule has 0 bridgehead atoms. The topological polar surface area (TPSA) is 84.8 Å². The number of benzene rings is 2. The van der Waals surface area contributed by atoms with Crippen LogP contribution in [0.1, 0.15) is 27.0 Å². The molecule has 0 atom stereocenters. The van der Waals surface area contributed by atoms with Crippen LogP contribution in [0, 0.1) is 13.8 Å². The van der Waals surface area contributed by atoms with E-state index in [1.165, 1.54) is 18.9 Å². The predicted molar refractivity (Wildman–Crippen MR) is 125 cm³/mol. The van der Waals surface area contributed by atoms with Gasteiger partial charge in [-0.15, -0.1) is 0 Å². The highest BCUT2D eigenvalue weighted by Gasteiger charge is 2.12. The highest BCUT2D eigenvalue weighted by atomic mass is 32.1. The van der Waals surface area contributed by atoms with Gasteiger partial charge < -0.3 is 14.8 Å². The Balaban J connectivity index is 1.62. The Kier molecular flexibility index (Phi) is 7.29. The van der Waals surface area contributed by atoms with Crippen LogP contribution < -0.4 is 20.2 Å². The van der Waals surface area contributed by atoms with Crippen molar-refractivity contribution in [3.63, 3.8) is 0 Å². The number of aromatic nitrogens is 1. The summed E-state index contributed by atoms with van der Waals surface area (Å²) in [5, 5.41) is 7.65. The minimum atomic E-state index is -0.516. The number of anilines is 1. The summed E-state index contributed by atoms with van der Waals surface area (Å²) in [5.74, 6) is 0.184. The van der Waals surface area contributed by atoms with Crippen LogP contribution in [0.2, 0.25) is 0 Å². The highest BCUT2D eigenvalue weighted by molar-refractivity contribution is 7.80. The zero-order valence-corrected chi connectivity index (χ0v) is 18.2. The molecule has 8 heteroatoms. The molecule has 0 aliphatic rings. The van der Waals surface area contributed by atoms with Crippen molar-refractivity contribution in [1.82, 2.24) is 10.4 Å². The second kappa shape index (κ2) is 10.3. The van der Waals surface area contributed by atoms with Gasteiger partial charge in [0.2, 0.25) is 0 Å². The summed E-state index contributed by atoms with van der Waals surface area (Å²) in [6.45, 7) is 4.07. The van der Waals surface area contributed by atoms with Gasteiger partial charge in [-0.25, -0.2) is 4.79 Å². The number of carbonyl (C=O) groups excluding carboxylic acids is 1. The SMILES string of the molecule is COc1cc(/C=N/NC(=S)Nc2cccc(C)c2C)ccc1OC(=O)c1cccnc1. The maximum absolute atomic E-state index is 12.2. The molecule has 0 aliphatic carbocycles.